The zero-order chi connectivity index (χ0) is 15.4. The molecule has 1 N–H and O–H groups in total. The molecule has 0 spiro atoms. The Morgan fingerprint density at radius 3 is 2.71 bits per heavy atom. The zero-order valence-electron chi connectivity index (χ0n) is 12.4. The smallest absolute Gasteiger partial charge is 0.153 e. The summed E-state index contributed by atoms with van der Waals surface area (Å²) in [5.41, 5.74) is 0.329. The summed E-state index contributed by atoms with van der Waals surface area (Å²) in [5, 5.41) is 12.3. The van der Waals surface area contributed by atoms with Crippen LogP contribution < -0.4 is 5.32 Å². The van der Waals surface area contributed by atoms with Crippen LogP contribution in [0.25, 0.3) is 10.6 Å². The highest BCUT2D eigenvalue weighted by Gasteiger charge is 2.17. The summed E-state index contributed by atoms with van der Waals surface area (Å²) in [4.78, 5) is 0. The second-order valence-corrected chi connectivity index (χ2v) is 6.46. The van der Waals surface area contributed by atoms with E-state index in [0.29, 0.717) is 22.9 Å². The van der Waals surface area contributed by atoms with Crippen LogP contribution in [0.1, 0.15) is 24.4 Å². The molecule has 6 heteroatoms. The first-order valence-electron chi connectivity index (χ1n) is 6.97. The van der Waals surface area contributed by atoms with Crippen molar-refractivity contribution in [2.75, 3.05) is 13.1 Å². The van der Waals surface area contributed by atoms with Crippen LogP contribution in [0.2, 0.25) is 0 Å². The Kier molecular flexibility index (Phi) is 5.36. The van der Waals surface area contributed by atoms with Crippen LogP contribution in [0.4, 0.5) is 8.78 Å². The number of hydrogen-bond acceptors (Lipinski definition) is 4. The van der Waals surface area contributed by atoms with Crippen LogP contribution in [0.15, 0.2) is 12.1 Å². The van der Waals surface area contributed by atoms with Gasteiger partial charge in [0, 0.05) is 13.0 Å². The van der Waals surface area contributed by atoms with Crippen LogP contribution in [-0.2, 0) is 6.42 Å². The van der Waals surface area contributed by atoms with Gasteiger partial charge in [0.1, 0.15) is 16.6 Å². The maximum atomic E-state index is 14.0. The standard InChI is InChI=1S/C15H19F2N3S/c1-9(2)8-18-7-6-12-19-20-15(21-12)13-11(16)5-4-10(3)14(13)17/h4-5,9,18H,6-8H2,1-3H3. The van der Waals surface area contributed by atoms with E-state index in [2.05, 4.69) is 29.4 Å². The van der Waals surface area contributed by atoms with Gasteiger partial charge in [-0.05, 0) is 31.0 Å². The molecule has 0 atom stereocenters. The van der Waals surface area contributed by atoms with E-state index in [9.17, 15) is 8.78 Å². The van der Waals surface area contributed by atoms with E-state index in [-0.39, 0.29) is 5.56 Å². The first kappa shape index (κ1) is 16.0. The third-order valence-electron chi connectivity index (χ3n) is 3.03. The number of halogens is 2. The quantitative estimate of drug-likeness (QED) is 0.829. The van der Waals surface area contributed by atoms with Gasteiger partial charge in [-0.25, -0.2) is 8.78 Å². The van der Waals surface area contributed by atoms with Crippen molar-refractivity contribution in [2.45, 2.75) is 27.2 Å². The lowest BCUT2D eigenvalue weighted by molar-refractivity contribution is 0.553. The summed E-state index contributed by atoms with van der Waals surface area (Å²) in [5.74, 6) is -0.570. The van der Waals surface area contributed by atoms with Gasteiger partial charge in [0.05, 0.1) is 5.56 Å². The number of aryl methyl sites for hydroxylation is 1. The third-order valence-corrected chi connectivity index (χ3v) is 4.03. The Morgan fingerprint density at radius 2 is 2.00 bits per heavy atom. The van der Waals surface area contributed by atoms with E-state index in [1.54, 1.807) is 6.92 Å². The predicted molar refractivity (Wildman–Crippen MR) is 81.4 cm³/mol. The Balaban J connectivity index is 2.08. The molecule has 0 unspecified atom stereocenters. The summed E-state index contributed by atoms with van der Waals surface area (Å²) in [7, 11) is 0. The Labute approximate surface area is 127 Å². The molecule has 0 amide bonds. The van der Waals surface area contributed by atoms with E-state index in [1.165, 1.54) is 23.5 Å². The third kappa shape index (κ3) is 4.04. The van der Waals surface area contributed by atoms with Gasteiger partial charge in [0.15, 0.2) is 5.01 Å². The predicted octanol–water partition coefficient (Wildman–Crippen LogP) is 3.58. The molecular weight excluding hydrogens is 292 g/mol. The van der Waals surface area contributed by atoms with Gasteiger partial charge in [-0.15, -0.1) is 10.2 Å². The van der Waals surface area contributed by atoms with Crippen LogP contribution in [-0.4, -0.2) is 23.3 Å². The number of aromatic nitrogens is 2. The summed E-state index contributed by atoms with van der Waals surface area (Å²) >= 11 is 1.24. The minimum atomic E-state index is -0.598. The van der Waals surface area contributed by atoms with Crippen molar-refractivity contribution in [2.24, 2.45) is 5.92 Å². The average molecular weight is 311 g/mol. The molecule has 0 fully saturated rings. The fraction of sp³-hybridized carbons (Fsp3) is 0.467. The molecule has 2 aromatic rings. The molecule has 0 saturated carbocycles. The lowest BCUT2D eigenvalue weighted by Crippen LogP contribution is -2.22. The molecule has 114 valence electrons. The van der Waals surface area contributed by atoms with Gasteiger partial charge in [-0.2, -0.15) is 0 Å². The first-order valence-corrected chi connectivity index (χ1v) is 7.78. The molecule has 21 heavy (non-hydrogen) atoms. The summed E-state index contributed by atoms with van der Waals surface area (Å²) in [6, 6.07) is 2.69. The van der Waals surface area contributed by atoms with Crippen molar-refractivity contribution in [1.82, 2.24) is 15.5 Å². The SMILES string of the molecule is Cc1ccc(F)c(-c2nnc(CCNCC(C)C)s2)c1F. The van der Waals surface area contributed by atoms with E-state index < -0.39 is 11.6 Å². The first-order chi connectivity index (χ1) is 9.99. The molecule has 0 radical (unpaired) electrons. The van der Waals surface area contributed by atoms with Crippen LogP contribution in [0.5, 0.6) is 0 Å². The molecule has 1 aromatic carbocycles. The lowest BCUT2D eigenvalue weighted by atomic mass is 10.1. The molecule has 3 nitrogen and oxygen atoms in total. The molecule has 0 aliphatic rings. The van der Waals surface area contributed by atoms with Crippen molar-refractivity contribution in [1.29, 1.82) is 0 Å². The summed E-state index contributed by atoms with van der Waals surface area (Å²) in [6.07, 6.45) is 0.708. The van der Waals surface area contributed by atoms with Gasteiger partial charge in [-0.1, -0.05) is 31.3 Å². The maximum Gasteiger partial charge on any atom is 0.153 e. The highest BCUT2D eigenvalue weighted by Crippen LogP contribution is 2.30. The van der Waals surface area contributed by atoms with Gasteiger partial charge >= 0.3 is 0 Å². The fourth-order valence-corrected chi connectivity index (χ4v) is 2.77. The van der Waals surface area contributed by atoms with Gasteiger partial charge in [-0.3, -0.25) is 0 Å². The molecular formula is C15H19F2N3S. The van der Waals surface area contributed by atoms with Crippen LogP contribution in [0.3, 0.4) is 0 Å². The second-order valence-electron chi connectivity index (χ2n) is 5.40. The molecule has 0 aliphatic carbocycles. The zero-order valence-corrected chi connectivity index (χ0v) is 13.2. The second kappa shape index (κ2) is 7.04. The largest absolute Gasteiger partial charge is 0.316 e. The number of nitrogens with zero attached hydrogens (tertiary/aromatic N) is 2. The Hall–Kier alpha value is -1.40. The molecule has 2 rings (SSSR count). The Bertz CT molecular complexity index is 611. The normalized spacial score (nSPS) is 11.3. The average Bonchev–Trinajstić information content (AvgIpc) is 2.88. The van der Waals surface area contributed by atoms with Crippen molar-refractivity contribution >= 4 is 11.3 Å². The highest BCUT2D eigenvalue weighted by molar-refractivity contribution is 7.14. The molecule has 0 aliphatic heterocycles. The van der Waals surface area contributed by atoms with Crippen LogP contribution in [0, 0.1) is 24.5 Å². The van der Waals surface area contributed by atoms with Crippen molar-refractivity contribution in [3.8, 4) is 10.6 Å². The number of nitrogens with one attached hydrogen (secondary N) is 1. The topological polar surface area (TPSA) is 37.8 Å². The number of benzene rings is 1. The molecule has 0 bridgehead atoms. The summed E-state index contributed by atoms with van der Waals surface area (Å²) < 4.78 is 27.8. The number of rotatable bonds is 6. The molecule has 0 saturated heterocycles. The lowest BCUT2D eigenvalue weighted by Gasteiger charge is -2.05. The van der Waals surface area contributed by atoms with Gasteiger partial charge in [0.25, 0.3) is 0 Å². The van der Waals surface area contributed by atoms with Crippen LogP contribution >= 0.6 is 11.3 Å². The van der Waals surface area contributed by atoms with Gasteiger partial charge in [0.2, 0.25) is 0 Å². The van der Waals surface area contributed by atoms with Crippen molar-refractivity contribution < 1.29 is 8.78 Å². The fourth-order valence-electron chi connectivity index (χ4n) is 1.89. The van der Waals surface area contributed by atoms with E-state index in [1.807, 2.05) is 0 Å². The number of hydrogen-bond donors (Lipinski definition) is 1. The van der Waals surface area contributed by atoms with Crippen molar-refractivity contribution in [3.63, 3.8) is 0 Å². The Morgan fingerprint density at radius 1 is 1.24 bits per heavy atom. The van der Waals surface area contributed by atoms with E-state index in [4.69, 9.17) is 0 Å². The minimum Gasteiger partial charge on any atom is -0.316 e. The minimum absolute atomic E-state index is 0.0751. The van der Waals surface area contributed by atoms with E-state index >= 15 is 0 Å². The van der Waals surface area contributed by atoms with Crippen molar-refractivity contribution in [3.05, 3.63) is 34.3 Å². The van der Waals surface area contributed by atoms with E-state index in [0.717, 1.165) is 18.1 Å². The van der Waals surface area contributed by atoms with Gasteiger partial charge < -0.3 is 5.32 Å². The monoisotopic (exact) mass is 311 g/mol. The summed E-state index contributed by atoms with van der Waals surface area (Å²) in [6.45, 7) is 7.60. The molecule has 1 heterocycles. The maximum absolute atomic E-state index is 14.0. The highest BCUT2D eigenvalue weighted by atomic mass is 32.1. The molecule has 1 aromatic heterocycles.